The van der Waals surface area contributed by atoms with Crippen molar-refractivity contribution in [3.05, 3.63) is 47.6 Å². The number of carbonyl (C=O) groups is 1. The molecule has 0 spiro atoms. The van der Waals surface area contributed by atoms with Crippen molar-refractivity contribution in [2.45, 2.75) is 50.5 Å². The van der Waals surface area contributed by atoms with Crippen LogP contribution in [0.2, 0.25) is 0 Å². The maximum absolute atomic E-state index is 12.6. The minimum absolute atomic E-state index is 0.0510. The van der Waals surface area contributed by atoms with Gasteiger partial charge in [-0.05, 0) is 26.2 Å². The third-order valence-electron chi connectivity index (χ3n) is 4.71. The highest BCUT2D eigenvalue weighted by Crippen LogP contribution is 2.28. The molecular formula is C18H21N3O3. The van der Waals surface area contributed by atoms with Gasteiger partial charge in [0.2, 0.25) is 0 Å². The number of allylic oxidation sites excluding steroid dienone is 2. The predicted molar refractivity (Wildman–Crippen MR) is 87.3 cm³/mol. The maximum Gasteiger partial charge on any atom is 0.252 e. The summed E-state index contributed by atoms with van der Waals surface area (Å²) >= 11 is 0. The van der Waals surface area contributed by atoms with Crippen LogP contribution in [0.15, 0.2) is 30.5 Å². The molecule has 2 heterocycles. The number of fused-ring (bicyclic) bond motifs is 2. The number of aromatic nitrogens is 2. The lowest BCUT2D eigenvalue weighted by Crippen LogP contribution is -2.50. The molecule has 1 N–H and O–H groups in total. The van der Waals surface area contributed by atoms with E-state index in [0.717, 1.165) is 36.3 Å². The molecule has 6 heteroatoms. The molecular weight excluding hydrogens is 306 g/mol. The molecule has 6 nitrogen and oxygen atoms in total. The molecule has 0 aromatic carbocycles. The summed E-state index contributed by atoms with van der Waals surface area (Å²) in [6, 6.07) is -0.0510. The zero-order chi connectivity index (χ0) is 16.5. The Morgan fingerprint density at radius 3 is 3.00 bits per heavy atom. The molecule has 1 amide bonds. The SMILES string of the molecule is Cc1ncc2c(n1)CCCC2NC(=O)C1COC2C=CC=CC2O1. The summed E-state index contributed by atoms with van der Waals surface area (Å²) in [6.07, 6.45) is 11.6. The Morgan fingerprint density at radius 2 is 2.12 bits per heavy atom. The van der Waals surface area contributed by atoms with Crippen LogP contribution >= 0.6 is 0 Å². The van der Waals surface area contributed by atoms with Gasteiger partial charge in [0.1, 0.15) is 18.0 Å². The smallest absolute Gasteiger partial charge is 0.252 e. The zero-order valence-electron chi connectivity index (χ0n) is 13.6. The van der Waals surface area contributed by atoms with Crippen LogP contribution in [0, 0.1) is 6.92 Å². The van der Waals surface area contributed by atoms with Gasteiger partial charge in [0.25, 0.3) is 5.91 Å². The van der Waals surface area contributed by atoms with Crippen LogP contribution in [0.1, 0.15) is 36.0 Å². The highest BCUT2D eigenvalue weighted by atomic mass is 16.6. The molecule has 2 aliphatic carbocycles. The van der Waals surface area contributed by atoms with Crippen molar-refractivity contribution < 1.29 is 14.3 Å². The molecule has 1 fully saturated rings. The fourth-order valence-corrected chi connectivity index (χ4v) is 3.47. The van der Waals surface area contributed by atoms with Crippen molar-refractivity contribution in [3.63, 3.8) is 0 Å². The third kappa shape index (κ3) is 2.99. The second kappa shape index (κ2) is 6.45. The molecule has 0 radical (unpaired) electrons. The van der Waals surface area contributed by atoms with Crippen LogP contribution in [-0.2, 0) is 20.7 Å². The van der Waals surface area contributed by atoms with Gasteiger partial charge in [-0.2, -0.15) is 0 Å². The summed E-state index contributed by atoms with van der Waals surface area (Å²) in [5, 5.41) is 3.09. The number of hydrogen-bond acceptors (Lipinski definition) is 5. The summed E-state index contributed by atoms with van der Waals surface area (Å²) in [5.41, 5.74) is 2.07. The highest BCUT2D eigenvalue weighted by Gasteiger charge is 2.35. The molecule has 1 saturated heterocycles. The Bertz CT molecular complexity index is 701. The molecule has 24 heavy (non-hydrogen) atoms. The van der Waals surface area contributed by atoms with Crippen molar-refractivity contribution in [2.75, 3.05) is 6.61 Å². The Hall–Kier alpha value is -2.05. The number of carbonyl (C=O) groups excluding carboxylic acids is 1. The summed E-state index contributed by atoms with van der Waals surface area (Å²) in [7, 11) is 0. The normalized spacial score (nSPS) is 31.2. The van der Waals surface area contributed by atoms with Crippen molar-refractivity contribution in [2.24, 2.45) is 0 Å². The Labute approximate surface area is 141 Å². The Morgan fingerprint density at radius 1 is 1.29 bits per heavy atom. The van der Waals surface area contributed by atoms with Crippen LogP contribution in [0.5, 0.6) is 0 Å². The fraction of sp³-hybridized carbons (Fsp3) is 0.500. The Balaban J connectivity index is 1.44. The number of nitrogens with one attached hydrogen (secondary N) is 1. The largest absolute Gasteiger partial charge is 0.368 e. The molecule has 4 rings (SSSR count). The van der Waals surface area contributed by atoms with Crippen LogP contribution in [0.25, 0.3) is 0 Å². The molecule has 0 bridgehead atoms. The van der Waals surface area contributed by atoms with Gasteiger partial charge >= 0.3 is 0 Å². The van der Waals surface area contributed by atoms with E-state index in [1.165, 1.54) is 0 Å². The van der Waals surface area contributed by atoms with Crippen molar-refractivity contribution >= 4 is 5.91 Å². The maximum atomic E-state index is 12.6. The molecule has 1 aliphatic heterocycles. The van der Waals surface area contributed by atoms with Gasteiger partial charge in [0, 0.05) is 17.5 Å². The topological polar surface area (TPSA) is 73.3 Å². The van der Waals surface area contributed by atoms with Crippen LogP contribution < -0.4 is 5.32 Å². The molecule has 3 aliphatic rings. The lowest BCUT2D eigenvalue weighted by molar-refractivity contribution is -0.168. The van der Waals surface area contributed by atoms with Crippen molar-refractivity contribution in [3.8, 4) is 0 Å². The van der Waals surface area contributed by atoms with E-state index in [4.69, 9.17) is 9.47 Å². The number of hydrogen-bond donors (Lipinski definition) is 1. The quantitative estimate of drug-likeness (QED) is 0.892. The minimum atomic E-state index is -0.584. The van der Waals surface area contributed by atoms with Gasteiger partial charge in [0.05, 0.1) is 12.6 Å². The monoisotopic (exact) mass is 327 g/mol. The first-order valence-electron chi connectivity index (χ1n) is 8.45. The average Bonchev–Trinajstić information content (AvgIpc) is 2.61. The molecule has 0 saturated carbocycles. The zero-order valence-corrected chi connectivity index (χ0v) is 13.6. The first-order chi connectivity index (χ1) is 11.7. The van der Waals surface area contributed by atoms with Gasteiger partial charge in [-0.1, -0.05) is 24.3 Å². The predicted octanol–water partition coefficient (Wildman–Crippen LogP) is 1.56. The van der Waals surface area contributed by atoms with Crippen LogP contribution in [0.3, 0.4) is 0 Å². The first-order valence-corrected chi connectivity index (χ1v) is 8.45. The molecule has 4 unspecified atom stereocenters. The number of rotatable bonds is 2. The summed E-state index contributed by atoms with van der Waals surface area (Å²) in [6.45, 7) is 2.16. The van der Waals surface area contributed by atoms with E-state index in [2.05, 4.69) is 15.3 Å². The summed E-state index contributed by atoms with van der Waals surface area (Å²) in [4.78, 5) is 21.4. The fourth-order valence-electron chi connectivity index (χ4n) is 3.47. The van der Waals surface area contributed by atoms with Gasteiger partial charge in [0.15, 0.2) is 6.10 Å². The summed E-state index contributed by atoms with van der Waals surface area (Å²) < 4.78 is 11.6. The molecule has 1 aromatic heterocycles. The van der Waals surface area contributed by atoms with Crippen LogP contribution in [0.4, 0.5) is 0 Å². The van der Waals surface area contributed by atoms with Crippen molar-refractivity contribution in [1.29, 1.82) is 0 Å². The van der Waals surface area contributed by atoms with E-state index in [0.29, 0.717) is 0 Å². The number of nitrogens with zero attached hydrogens (tertiary/aromatic N) is 2. The number of amides is 1. The average molecular weight is 327 g/mol. The van der Waals surface area contributed by atoms with Gasteiger partial charge in [-0.25, -0.2) is 9.97 Å². The lowest BCUT2D eigenvalue weighted by atomic mass is 9.92. The van der Waals surface area contributed by atoms with Crippen LogP contribution in [-0.4, -0.2) is 40.8 Å². The van der Waals surface area contributed by atoms with Gasteiger partial charge < -0.3 is 14.8 Å². The second-order valence-corrected chi connectivity index (χ2v) is 6.43. The van der Waals surface area contributed by atoms with E-state index in [-0.39, 0.29) is 30.8 Å². The third-order valence-corrected chi connectivity index (χ3v) is 4.71. The van der Waals surface area contributed by atoms with E-state index >= 15 is 0 Å². The highest BCUT2D eigenvalue weighted by molar-refractivity contribution is 5.81. The number of ether oxygens (including phenoxy) is 2. The molecule has 4 atom stereocenters. The second-order valence-electron chi connectivity index (χ2n) is 6.43. The van der Waals surface area contributed by atoms with E-state index in [9.17, 15) is 4.79 Å². The molecule has 126 valence electrons. The summed E-state index contributed by atoms with van der Waals surface area (Å²) in [5.74, 6) is 0.641. The van der Waals surface area contributed by atoms with E-state index < -0.39 is 6.10 Å². The van der Waals surface area contributed by atoms with Gasteiger partial charge in [-0.15, -0.1) is 0 Å². The number of aryl methyl sites for hydroxylation is 2. The van der Waals surface area contributed by atoms with Crippen molar-refractivity contribution in [1.82, 2.24) is 15.3 Å². The van der Waals surface area contributed by atoms with Gasteiger partial charge in [-0.3, -0.25) is 4.79 Å². The van der Waals surface area contributed by atoms with E-state index in [1.54, 1.807) is 0 Å². The standard InChI is InChI=1S/C18H21N3O3/c1-11-19-9-12-13(20-11)5-4-6-14(12)21-18(22)17-10-23-15-7-2-3-8-16(15)24-17/h2-3,7-9,14-17H,4-6,10H2,1H3,(H,21,22). The van der Waals surface area contributed by atoms with E-state index in [1.807, 2.05) is 37.4 Å². The lowest BCUT2D eigenvalue weighted by Gasteiger charge is -2.35. The first kappa shape index (κ1) is 15.5. The molecule has 1 aromatic rings. The Kier molecular flexibility index (Phi) is 4.16. The minimum Gasteiger partial charge on any atom is -0.368 e.